The van der Waals surface area contributed by atoms with E-state index < -0.39 is 0 Å². The summed E-state index contributed by atoms with van der Waals surface area (Å²) in [5.41, 5.74) is 6.35. The highest BCUT2D eigenvalue weighted by molar-refractivity contribution is 7.13. The van der Waals surface area contributed by atoms with Gasteiger partial charge in [0.1, 0.15) is 5.78 Å². The second-order valence-electron chi connectivity index (χ2n) is 4.25. The van der Waals surface area contributed by atoms with Crippen LogP contribution in [-0.4, -0.2) is 10.8 Å². The number of carbonyl (C=O) groups is 1. The van der Waals surface area contributed by atoms with E-state index in [1.54, 1.807) is 0 Å². The van der Waals surface area contributed by atoms with Crippen molar-refractivity contribution in [1.82, 2.24) is 4.98 Å². The Morgan fingerprint density at radius 1 is 1.53 bits per heavy atom. The maximum absolute atomic E-state index is 11.7. The largest absolute Gasteiger partial charge is 0.375 e. The molecule has 0 aromatic carbocycles. The second kappa shape index (κ2) is 4.75. The van der Waals surface area contributed by atoms with Crippen LogP contribution >= 0.6 is 11.3 Å². The summed E-state index contributed by atoms with van der Waals surface area (Å²) >= 11 is 1.40. The molecule has 2 rings (SSSR count). The van der Waals surface area contributed by atoms with Crippen LogP contribution in [-0.2, 0) is 11.2 Å². The van der Waals surface area contributed by atoms with Gasteiger partial charge in [0.05, 0.1) is 5.69 Å². The fraction of sp³-hybridized carbons (Fsp3) is 0.636. The van der Waals surface area contributed by atoms with Crippen molar-refractivity contribution in [3.63, 3.8) is 0 Å². The van der Waals surface area contributed by atoms with Crippen molar-refractivity contribution in [2.75, 3.05) is 5.73 Å². The number of nitrogens with zero attached hydrogens (tertiary/aromatic N) is 1. The van der Waals surface area contributed by atoms with Crippen LogP contribution in [0.2, 0.25) is 0 Å². The molecule has 0 bridgehead atoms. The number of thiazole rings is 1. The SMILES string of the molecule is Nc1nc(CC(=O)CC2CCCC2)cs1. The van der Waals surface area contributed by atoms with Gasteiger partial charge in [-0.15, -0.1) is 11.3 Å². The Morgan fingerprint density at radius 3 is 2.87 bits per heavy atom. The van der Waals surface area contributed by atoms with Crippen LogP contribution in [0.15, 0.2) is 5.38 Å². The monoisotopic (exact) mass is 224 g/mol. The normalized spacial score (nSPS) is 17.1. The molecule has 82 valence electrons. The molecule has 0 saturated heterocycles. The Morgan fingerprint density at radius 2 is 2.27 bits per heavy atom. The second-order valence-corrected chi connectivity index (χ2v) is 5.14. The van der Waals surface area contributed by atoms with Crippen molar-refractivity contribution < 1.29 is 4.79 Å². The van der Waals surface area contributed by atoms with Gasteiger partial charge in [-0.05, 0) is 5.92 Å². The first kappa shape index (κ1) is 10.6. The molecule has 0 amide bonds. The number of Topliss-reactive ketones (excluding diaryl/α,β-unsaturated/α-hetero) is 1. The molecule has 15 heavy (non-hydrogen) atoms. The molecule has 1 saturated carbocycles. The summed E-state index contributed by atoms with van der Waals surface area (Å²) in [7, 11) is 0. The third-order valence-corrected chi connectivity index (χ3v) is 3.66. The number of anilines is 1. The van der Waals surface area contributed by atoms with Gasteiger partial charge in [0.15, 0.2) is 5.13 Å². The smallest absolute Gasteiger partial charge is 0.180 e. The Kier molecular flexibility index (Phi) is 3.36. The molecule has 0 unspecified atom stereocenters. The Hall–Kier alpha value is -0.900. The van der Waals surface area contributed by atoms with E-state index >= 15 is 0 Å². The number of carbonyl (C=O) groups excluding carboxylic acids is 1. The lowest BCUT2D eigenvalue weighted by Crippen LogP contribution is -2.08. The maximum Gasteiger partial charge on any atom is 0.180 e. The van der Waals surface area contributed by atoms with Crippen molar-refractivity contribution in [2.24, 2.45) is 5.92 Å². The van der Waals surface area contributed by atoms with Crippen molar-refractivity contribution in [1.29, 1.82) is 0 Å². The quantitative estimate of drug-likeness (QED) is 0.854. The van der Waals surface area contributed by atoms with E-state index in [9.17, 15) is 4.79 Å². The molecular formula is C11H16N2OS. The zero-order valence-corrected chi connectivity index (χ0v) is 9.55. The third-order valence-electron chi connectivity index (χ3n) is 2.94. The number of nitrogens with two attached hydrogens (primary N) is 1. The van der Waals surface area contributed by atoms with Gasteiger partial charge in [-0.3, -0.25) is 4.79 Å². The van der Waals surface area contributed by atoms with E-state index in [1.165, 1.54) is 37.0 Å². The molecule has 1 aromatic heterocycles. The van der Waals surface area contributed by atoms with E-state index in [0.29, 0.717) is 23.3 Å². The third kappa shape index (κ3) is 3.02. The molecule has 1 heterocycles. The minimum atomic E-state index is 0.312. The summed E-state index contributed by atoms with van der Waals surface area (Å²) in [5, 5.41) is 2.43. The topological polar surface area (TPSA) is 56.0 Å². The summed E-state index contributed by atoms with van der Waals surface area (Å²) in [6, 6.07) is 0. The molecule has 1 fully saturated rings. The summed E-state index contributed by atoms with van der Waals surface area (Å²) in [4.78, 5) is 15.8. The Labute approximate surface area is 93.7 Å². The van der Waals surface area contributed by atoms with Crippen molar-refractivity contribution in [3.05, 3.63) is 11.1 Å². The molecule has 0 atom stereocenters. The molecule has 4 heteroatoms. The highest BCUT2D eigenvalue weighted by Crippen LogP contribution is 2.28. The van der Waals surface area contributed by atoms with E-state index in [1.807, 2.05) is 5.38 Å². The van der Waals surface area contributed by atoms with E-state index in [0.717, 1.165) is 12.1 Å². The zero-order chi connectivity index (χ0) is 10.7. The highest BCUT2D eigenvalue weighted by atomic mass is 32.1. The van der Waals surface area contributed by atoms with Crippen LogP contribution in [0.1, 0.15) is 37.8 Å². The minimum Gasteiger partial charge on any atom is -0.375 e. The van der Waals surface area contributed by atoms with Crippen LogP contribution in [0.3, 0.4) is 0 Å². The van der Waals surface area contributed by atoms with Crippen LogP contribution < -0.4 is 5.73 Å². The molecular weight excluding hydrogens is 208 g/mol. The van der Waals surface area contributed by atoms with Gasteiger partial charge in [-0.1, -0.05) is 25.7 Å². The first-order valence-corrected chi connectivity index (χ1v) is 6.33. The molecule has 1 aliphatic rings. The summed E-state index contributed by atoms with van der Waals surface area (Å²) in [6.45, 7) is 0. The van der Waals surface area contributed by atoms with Crippen LogP contribution in [0, 0.1) is 5.92 Å². The number of ketones is 1. The number of hydrogen-bond acceptors (Lipinski definition) is 4. The first-order chi connectivity index (χ1) is 7.24. The predicted molar refractivity (Wildman–Crippen MR) is 61.8 cm³/mol. The van der Waals surface area contributed by atoms with Crippen molar-refractivity contribution >= 4 is 22.3 Å². The van der Waals surface area contributed by atoms with E-state index in [-0.39, 0.29) is 0 Å². The number of aromatic nitrogens is 1. The minimum absolute atomic E-state index is 0.312. The molecule has 0 spiro atoms. The van der Waals surface area contributed by atoms with Gasteiger partial charge in [0.25, 0.3) is 0 Å². The van der Waals surface area contributed by atoms with E-state index in [2.05, 4.69) is 4.98 Å². The summed E-state index contributed by atoms with van der Waals surface area (Å²) in [6.07, 6.45) is 6.24. The first-order valence-electron chi connectivity index (χ1n) is 5.45. The number of nitrogen functional groups attached to an aromatic ring is 1. The molecule has 2 N–H and O–H groups in total. The molecule has 3 nitrogen and oxygen atoms in total. The van der Waals surface area contributed by atoms with Gasteiger partial charge in [-0.2, -0.15) is 0 Å². The molecule has 1 aliphatic carbocycles. The average molecular weight is 224 g/mol. The average Bonchev–Trinajstić information content (AvgIpc) is 2.77. The van der Waals surface area contributed by atoms with Gasteiger partial charge >= 0.3 is 0 Å². The number of hydrogen-bond donors (Lipinski definition) is 1. The standard InChI is InChI=1S/C11H16N2OS/c12-11-13-9(7-15-11)6-10(14)5-8-3-1-2-4-8/h7-8H,1-6H2,(H2,12,13). The molecule has 0 aliphatic heterocycles. The van der Waals surface area contributed by atoms with Crippen LogP contribution in [0.25, 0.3) is 0 Å². The zero-order valence-electron chi connectivity index (χ0n) is 8.74. The lowest BCUT2D eigenvalue weighted by molar-refractivity contribution is -0.119. The van der Waals surface area contributed by atoms with Gasteiger partial charge in [0, 0.05) is 18.2 Å². The molecule has 1 aromatic rings. The predicted octanol–water partition coefficient (Wildman–Crippen LogP) is 2.42. The Balaban J connectivity index is 1.81. The highest BCUT2D eigenvalue weighted by Gasteiger charge is 2.18. The summed E-state index contributed by atoms with van der Waals surface area (Å²) < 4.78 is 0. The summed E-state index contributed by atoms with van der Waals surface area (Å²) in [5.74, 6) is 0.945. The van der Waals surface area contributed by atoms with Gasteiger partial charge < -0.3 is 5.73 Å². The van der Waals surface area contributed by atoms with Crippen molar-refractivity contribution in [2.45, 2.75) is 38.5 Å². The lowest BCUT2D eigenvalue weighted by atomic mass is 9.99. The van der Waals surface area contributed by atoms with E-state index in [4.69, 9.17) is 5.73 Å². The fourth-order valence-corrected chi connectivity index (χ4v) is 2.78. The van der Waals surface area contributed by atoms with Gasteiger partial charge in [0.2, 0.25) is 0 Å². The van der Waals surface area contributed by atoms with Crippen LogP contribution in [0.5, 0.6) is 0 Å². The Bertz CT molecular complexity index is 342. The lowest BCUT2D eigenvalue weighted by Gasteiger charge is -2.06. The number of rotatable bonds is 4. The molecule has 0 radical (unpaired) electrons. The van der Waals surface area contributed by atoms with Gasteiger partial charge in [-0.25, -0.2) is 4.98 Å². The fourth-order valence-electron chi connectivity index (χ4n) is 2.21. The maximum atomic E-state index is 11.7. The van der Waals surface area contributed by atoms with Crippen molar-refractivity contribution in [3.8, 4) is 0 Å². The van der Waals surface area contributed by atoms with Crippen LogP contribution in [0.4, 0.5) is 5.13 Å².